The molecule has 1 aromatic carbocycles. The molecule has 1 amide bonds. The van der Waals surface area contributed by atoms with Gasteiger partial charge in [-0.3, -0.25) is 9.69 Å². The molecule has 4 N–H and O–H groups in total. The lowest BCUT2D eigenvalue weighted by Gasteiger charge is -2.31. The van der Waals surface area contributed by atoms with Crippen molar-refractivity contribution in [3.63, 3.8) is 0 Å². The fourth-order valence-electron chi connectivity index (χ4n) is 2.20. The smallest absolute Gasteiger partial charge is 0.225 e. The van der Waals surface area contributed by atoms with Crippen molar-refractivity contribution in [1.29, 1.82) is 0 Å². The minimum absolute atomic E-state index is 0.00669. The minimum Gasteiger partial charge on any atom is -0.397 e. The summed E-state index contributed by atoms with van der Waals surface area (Å²) >= 11 is 5.83. The van der Waals surface area contributed by atoms with E-state index < -0.39 is 0 Å². The lowest BCUT2D eigenvalue weighted by Crippen LogP contribution is -2.44. The van der Waals surface area contributed by atoms with E-state index in [1.54, 1.807) is 18.2 Å². The van der Waals surface area contributed by atoms with Crippen LogP contribution in [-0.2, 0) is 9.53 Å². The third kappa shape index (κ3) is 4.86. The summed E-state index contributed by atoms with van der Waals surface area (Å²) in [4.78, 5) is 14.0. The van der Waals surface area contributed by atoms with Gasteiger partial charge in [-0.05, 0) is 18.2 Å². The normalized spacial score (nSPS) is 19.4. The van der Waals surface area contributed by atoms with Gasteiger partial charge in [0.1, 0.15) is 0 Å². The van der Waals surface area contributed by atoms with E-state index in [4.69, 9.17) is 27.2 Å². The zero-order valence-electron chi connectivity index (χ0n) is 11.7. The van der Waals surface area contributed by atoms with Crippen molar-refractivity contribution in [1.82, 2.24) is 4.90 Å². The minimum atomic E-state index is -0.155. The summed E-state index contributed by atoms with van der Waals surface area (Å²) in [5.74, 6) is -0.0798. The fraction of sp³-hybridized carbons (Fsp3) is 0.500. The van der Waals surface area contributed by atoms with Gasteiger partial charge in [0.05, 0.1) is 30.0 Å². The molecule has 1 atom stereocenters. The number of nitrogens with zero attached hydrogens (tertiary/aromatic N) is 1. The van der Waals surface area contributed by atoms with Crippen molar-refractivity contribution in [3.05, 3.63) is 23.2 Å². The predicted octanol–water partition coefficient (Wildman–Crippen LogP) is 0.944. The molecule has 1 heterocycles. The van der Waals surface area contributed by atoms with Crippen molar-refractivity contribution in [2.45, 2.75) is 12.5 Å². The van der Waals surface area contributed by atoms with Crippen LogP contribution < -0.4 is 11.1 Å². The Balaban J connectivity index is 1.78. The summed E-state index contributed by atoms with van der Waals surface area (Å²) in [6.45, 7) is 2.65. The highest BCUT2D eigenvalue weighted by Gasteiger charge is 2.19. The molecule has 1 aliphatic rings. The number of nitrogens with two attached hydrogens (primary N) is 1. The molecule has 7 heteroatoms. The number of hydrogen-bond acceptors (Lipinski definition) is 5. The number of aliphatic hydroxyl groups is 1. The van der Waals surface area contributed by atoms with E-state index >= 15 is 0 Å². The second kappa shape index (κ2) is 7.61. The number of ether oxygens (including phenoxy) is 1. The van der Waals surface area contributed by atoms with Crippen LogP contribution in [-0.4, -0.2) is 54.9 Å². The number of morpholine rings is 1. The van der Waals surface area contributed by atoms with Gasteiger partial charge in [0, 0.05) is 31.7 Å². The Morgan fingerprint density at radius 3 is 3.10 bits per heavy atom. The van der Waals surface area contributed by atoms with Crippen LogP contribution in [0.2, 0.25) is 5.02 Å². The van der Waals surface area contributed by atoms with E-state index in [9.17, 15) is 4.79 Å². The molecule has 6 nitrogen and oxygen atoms in total. The van der Waals surface area contributed by atoms with Crippen LogP contribution in [0, 0.1) is 0 Å². The summed E-state index contributed by atoms with van der Waals surface area (Å²) in [7, 11) is 0. The Morgan fingerprint density at radius 1 is 1.57 bits per heavy atom. The third-order valence-electron chi connectivity index (χ3n) is 3.36. The van der Waals surface area contributed by atoms with Gasteiger partial charge in [-0.25, -0.2) is 0 Å². The number of amides is 1. The highest BCUT2D eigenvalue weighted by atomic mass is 35.5. The molecule has 0 aromatic heterocycles. The third-order valence-corrected chi connectivity index (χ3v) is 3.71. The van der Waals surface area contributed by atoms with E-state index in [0.29, 0.717) is 42.5 Å². The largest absolute Gasteiger partial charge is 0.397 e. The van der Waals surface area contributed by atoms with E-state index in [-0.39, 0.29) is 18.6 Å². The Bertz CT molecular complexity index is 498. The Labute approximate surface area is 128 Å². The highest BCUT2D eigenvalue weighted by molar-refractivity contribution is 6.33. The summed E-state index contributed by atoms with van der Waals surface area (Å²) in [5, 5.41) is 12.3. The Kier molecular flexibility index (Phi) is 5.81. The van der Waals surface area contributed by atoms with Crippen LogP contribution >= 0.6 is 11.6 Å². The number of nitrogen functional groups attached to an aromatic ring is 1. The number of halogens is 1. The van der Waals surface area contributed by atoms with Crippen LogP contribution in [0.1, 0.15) is 6.42 Å². The number of nitrogens with one attached hydrogen (secondary N) is 1. The molecule has 1 saturated heterocycles. The van der Waals surface area contributed by atoms with Gasteiger partial charge in [-0.1, -0.05) is 11.6 Å². The number of hydrogen-bond donors (Lipinski definition) is 3. The summed E-state index contributed by atoms with van der Waals surface area (Å²) in [6.07, 6.45) is 0.221. The summed E-state index contributed by atoms with van der Waals surface area (Å²) in [5.41, 5.74) is 6.76. The standard InChI is InChI=1S/C14H20ClN3O3/c15-12-2-1-10(7-13(12)16)17-14(20)3-4-18-5-6-21-11(8-18)9-19/h1-2,7,11,19H,3-6,8-9,16H2,(H,17,20). The second-order valence-electron chi connectivity index (χ2n) is 5.01. The zero-order valence-corrected chi connectivity index (χ0v) is 12.5. The van der Waals surface area contributed by atoms with Crippen LogP contribution in [0.25, 0.3) is 0 Å². The van der Waals surface area contributed by atoms with E-state index in [1.165, 1.54) is 0 Å². The average molecular weight is 314 g/mol. The van der Waals surface area contributed by atoms with Gasteiger partial charge in [-0.15, -0.1) is 0 Å². The predicted molar refractivity (Wildman–Crippen MR) is 82.4 cm³/mol. The van der Waals surface area contributed by atoms with Crippen molar-refractivity contribution in [2.75, 3.05) is 43.9 Å². The Morgan fingerprint density at radius 2 is 2.38 bits per heavy atom. The number of benzene rings is 1. The molecule has 0 saturated carbocycles. The quantitative estimate of drug-likeness (QED) is 0.704. The Hall–Kier alpha value is -1.34. The molecule has 0 aliphatic carbocycles. The molecule has 116 valence electrons. The molecule has 0 spiro atoms. The highest BCUT2D eigenvalue weighted by Crippen LogP contribution is 2.22. The van der Waals surface area contributed by atoms with Gasteiger partial charge in [0.2, 0.25) is 5.91 Å². The van der Waals surface area contributed by atoms with Gasteiger partial charge in [0.15, 0.2) is 0 Å². The summed E-state index contributed by atoms with van der Waals surface area (Å²) < 4.78 is 5.37. The molecule has 2 rings (SSSR count). The first-order valence-electron chi connectivity index (χ1n) is 6.88. The van der Waals surface area contributed by atoms with Crippen molar-refractivity contribution in [2.24, 2.45) is 0 Å². The maximum absolute atomic E-state index is 11.9. The van der Waals surface area contributed by atoms with Gasteiger partial charge < -0.3 is 20.9 Å². The molecular formula is C14H20ClN3O3. The van der Waals surface area contributed by atoms with Crippen LogP contribution in [0.4, 0.5) is 11.4 Å². The molecular weight excluding hydrogens is 294 g/mol. The molecule has 1 aromatic rings. The maximum Gasteiger partial charge on any atom is 0.225 e. The van der Waals surface area contributed by atoms with E-state index in [0.717, 1.165) is 6.54 Å². The first kappa shape index (κ1) is 16.0. The van der Waals surface area contributed by atoms with Crippen LogP contribution in [0.3, 0.4) is 0 Å². The zero-order chi connectivity index (χ0) is 15.2. The first-order chi connectivity index (χ1) is 10.1. The second-order valence-corrected chi connectivity index (χ2v) is 5.42. The number of anilines is 2. The van der Waals surface area contributed by atoms with Gasteiger partial charge >= 0.3 is 0 Å². The van der Waals surface area contributed by atoms with Gasteiger partial charge in [-0.2, -0.15) is 0 Å². The van der Waals surface area contributed by atoms with Crippen molar-refractivity contribution in [3.8, 4) is 0 Å². The molecule has 1 fully saturated rings. The van der Waals surface area contributed by atoms with Crippen molar-refractivity contribution < 1.29 is 14.6 Å². The van der Waals surface area contributed by atoms with E-state index in [1.807, 2.05) is 0 Å². The van der Waals surface area contributed by atoms with Crippen LogP contribution in [0.15, 0.2) is 18.2 Å². The molecule has 1 aliphatic heterocycles. The molecule has 0 bridgehead atoms. The van der Waals surface area contributed by atoms with E-state index in [2.05, 4.69) is 10.2 Å². The number of aliphatic hydroxyl groups excluding tert-OH is 1. The molecule has 0 radical (unpaired) electrons. The molecule has 21 heavy (non-hydrogen) atoms. The maximum atomic E-state index is 11.9. The topological polar surface area (TPSA) is 87.8 Å². The molecule has 1 unspecified atom stereocenters. The first-order valence-corrected chi connectivity index (χ1v) is 7.26. The van der Waals surface area contributed by atoms with Gasteiger partial charge in [0.25, 0.3) is 0 Å². The fourth-order valence-corrected chi connectivity index (χ4v) is 2.32. The lowest BCUT2D eigenvalue weighted by molar-refractivity contribution is -0.117. The summed E-state index contributed by atoms with van der Waals surface area (Å²) in [6, 6.07) is 5.00. The number of rotatable bonds is 5. The average Bonchev–Trinajstić information content (AvgIpc) is 2.49. The SMILES string of the molecule is Nc1cc(NC(=O)CCN2CCOC(CO)C2)ccc1Cl. The number of carbonyl (C=O) groups excluding carboxylic acids is 1. The monoisotopic (exact) mass is 313 g/mol. The lowest BCUT2D eigenvalue weighted by atomic mass is 10.2. The van der Waals surface area contributed by atoms with Crippen molar-refractivity contribution >= 4 is 28.9 Å². The van der Waals surface area contributed by atoms with Crippen LogP contribution in [0.5, 0.6) is 0 Å². The number of carbonyl (C=O) groups is 1.